The van der Waals surface area contributed by atoms with Gasteiger partial charge in [-0.1, -0.05) is 0 Å². The molecule has 1 aromatic heterocycles. The van der Waals surface area contributed by atoms with E-state index >= 15 is 0 Å². The van der Waals surface area contributed by atoms with Gasteiger partial charge in [-0.2, -0.15) is 0 Å². The van der Waals surface area contributed by atoms with Gasteiger partial charge in [0.1, 0.15) is 5.52 Å². The second-order valence-electron chi connectivity index (χ2n) is 5.24. The molecule has 2 rings (SSSR count). The zero-order valence-electron chi connectivity index (χ0n) is 11.0. The number of nitrogens with one attached hydrogen (secondary N) is 2. The van der Waals surface area contributed by atoms with Crippen molar-refractivity contribution in [2.24, 2.45) is 0 Å². The molecule has 0 radical (unpaired) electrons. The first kappa shape index (κ1) is 12.4. The molecule has 0 bridgehead atoms. The first-order valence-corrected chi connectivity index (χ1v) is 5.80. The molecule has 2 amide bonds. The van der Waals surface area contributed by atoms with Crippen LogP contribution in [0.3, 0.4) is 0 Å². The summed E-state index contributed by atoms with van der Waals surface area (Å²) >= 11 is 0. The molecule has 5 heteroatoms. The lowest BCUT2D eigenvalue weighted by atomic mass is 10.1. The first-order valence-electron chi connectivity index (χ1n) is 5.80. The van der Waals surface area contributed by atoms with E-state index in [1.807, 2.05) is 20.8 Å². The van der Waals surface area contributed by atoms with Gasteiger partial charge in [-0.3, -0.25) is 0 Å². The number of carbonyl (C=O) groups is 1. The Morgan fingerprint density at radius 3 is 2.72 bits per heavy atom. The fourth-order valence-corrected chi connectivity index (χ4v) is 1.62. The highest BCUT2D eigenvalue weighted by Gasteiger charge is 2.13. The number of urea groups is 1. The number of aryl methyl sites for hydroxylation is 1. The van der Waals surface area contributed by atoms with Gasteiger partial charge in [0.05, 0.1) is 0 Å². The van der Waals surface area contributed by atoms with Crippen molar-refractivity contribution in [2.75, 3.05) is 5.32 Å². The Balaban J connectivity index is 2.14. The van der Waals surface area contributed by atoms with Crippen molar-refractivity contribution in [1.29, 1.82) is 0 Å². The van der Waals surface area contributed by atoms with Crippen molar-refractivity contribution in [1.82, 2.24) is 10.3 Å². The zero-order chi connectivity index (χ0) is 13.3. The van der Waals surface area contributed by atoms with Crippen LogP contribution in [0.15, 0.2) is 22.6 Å². The van der Waals surface area contributed by atoms with Crippen LogP contribution in [0.1, 0.15) is 26.7 Å². The third kappa shape index (κ3) is 3.00. The van der Waals surface area contributed by atoms with E-state index in [9.17, 15) is 4.79 Å². The third-order valence-corrected chi connectivity index (χ3v) is 2.24. The molecular weight excluding hydrogens is 230 g/mol. The summed E-state index contributed by atoms with van der Waals surface area (Å²) in [6.07, 6.45) is 0. The third-order valence-electron chi connectivity index (χ3n) is 2.24. The smallest absolute Gasteiger partial charge is 0.319 e. The maximum absolute atomic E-state index is 11.7. The monoisotopic (exact) mass is 247 g/mol. The van der Waals surface area contributed by atoms with Crippen molar-refractivity contribution >= 4 is 22.8 Å². The molecular formula is C13H17N3O2. The fourth-order valence-electron chi connectivity index (χ4n) is 1.62. The van der Waals surface area contributed by atoms with Crippen LogP contribution in [-0.2, 0) is 0 Å². The predicted octanol–water partition coefficient (Wildman–Crippen LogP) is 3.06. The molecule has 96 valence electrons. The molecule has 0 aliphatic heterocycles. The maximum Gasteiger partial charge on any atom is 0.319 e. The van der Waals surface area contributed by atoms with Crippen molar-refractivity contribution in [2.45, 2.75) is 33.2 Å². The number of aromatic nitrogens is 1. The molecule has 2 aromatic rings. The number of fused-ring (bicyclic) bond motifs is 1. The lowest BCUT2D eigenvalue weighted by Crippen LogP contribution is -2.43. The Bertz CT molecular complexity index is 581. The van der Waals surface area contributed by atoms with Crippen LogP contribution in [-0.4, -0.2) is 16.6 Å². The Hall–Kier alpha value is -2.04. The van der Waals surface area contributed by atoms with E-state index in [-0.39, 0.29) is 11.6 Å². The summed E-state index contributed by atoms with van der Waals surface area (Å²) in [5.74, 6) is 0.612. The van der Waals surface area contributed by atoms with E-state index in [0.717, 1.165) is 5.52 Å². The summed E-state index contributed by atoms with van der Waals surface area (Å²) in [5, 5.41) is 5.60. The number of rotatable bonds is 1. The van der Waals surface area contributed by atoms with Crippen LogP contribution in [0.4, 0.5) is 10.5 Å². The molecule has 0 unspecified atom stereocenters. The van der Waals surface area contributed by atoms with E-state index in [4.69, 9.17) is 4.42 Å². The van der Waals surface area contributed by atoms with Crippen LogP contribution < -0.4 is 10.6 Å². The van der Waals surface area contributed by atoms with Gasteiger partial charge in [0.2, 0.25) is 0 Å². The van der Waals surface area contributed by atoms with Gasteiger partial charge in [0.15, 0.2) is 11.5 Å². The molecule has 0 fully saturated rings. The Labute approximate surface area is 106 Å². The number of anilines is 1. The molecule has 1 heterocycles. The standard InChI is InChI=1S/C13H17N3O2/c1-8-14-10-7-9(5-6-11(10)18-8)15-12(17)16-13(2,3)4/h5-7H,1-4H3,(H2,15,16,17). The average Bonchev–Trinajstić information content (AvgIpc) is 2.53. The molecule has 0 atom stereocenters. The lowest BCUT2D eigenvalue weighted by molar-refractivity contribution is 0.244. The van der Waals surface area contributed by atoms with Crippen LogP contribution in [0.5, 0.6) is 0 Å². The van der Waals surface area contributed by atoms with E-state index in [1.54, 1.807) is 25.1 Å². The maximum atomic E-state index is 11.7. The van der Waals surface area contributed by atoms with Crippen molar-refractivity contribution in [3.05, 3.63) is 24.1 Å². The average molecular weight is 247 g/mol. The molecule has 0 saturated heterocycles. The number of oxazole rings is 1. The SMILES string of the molecule is Cc1nc2cc(NC(=O)NC(C)(C)C)ccc2o1. The number of nitrogens with zero attached hydrogens (tertiary/aromatic N) is 1. The molecule has 0 spiro atoms. The van der Waals surface area contributed by atoms with E-state index in [2.05, 4.69) is 15.6 Å². The van der Waals surface area contributed by atoms with Crippen LogP contribution in [0.25, 0.3) is 11.1 Å². The van der Waals surface area contributed by atoms with Gasteiger partial charge in [0.25, 0.3) is 0 Å². The molecule has 0 saturated carbocycles. The van der Waals surface area contributed by atoms with Gasteiger partial charge in [-0.15, -0.1) is 0 Å². The Morgan fingerprint density at radius 1 is 1.33 bits per heavy atom. The summed E-state index contributed by atoms with van der Waals surface area (Å²) in [5.41, 5.74) is 1.88. The van der Waals surface area contributed by atoms with E-state index < -0.39 is 0 Å². The number of amides is 2. The van der Waals surface area contributed by atoms with Gasteiger partial charge in [-0.05, 0) is 39.0 Å². The summed E-state index contributed by atoms with van der Waals surface area (Å²) in [6.45, 7) is 7.57. The van der Waals surface area contributed by atoms with E-state index in [0.29, 0.717) is 17.2 Å². The second-order valence-corrected chi connectivity index (χ2v) is 5.24. The van der Waals surface area contributed by atoms with Crippen LogP contribution in [0, 0.1) is 6.92 Å². The topological polar surface area (TPSA) is 67.2 Å². The highest BCUT2D eigenvalue weighted by molar-refractivity contribution is 5.91. The van der Waals surface area contributed by atoms with Gasteiger partial charge in [-0.25, -0.2) is 9.78 Å². The van der Waals surface area contributed by atoms with Gasteiger partial charge >= 0.3 is 6.03 Å². The minimum absolute atomic E-state index is 0.234. The largest absolute Gasteiger partial charge is 0.441 e. The first-order chi connectivity index (χ1) is 8.33. The molecule has 0 aliphatic carbocycles. The fraction of sp³-hybridized carbons (Fsp3) is 0.385. The normalized spacial score (nSPS) is 11.6. The summed E-state index contributed by atoms with van der Waals surface area (Å²) in [7, 11) is 0. The molecule has 0 aliphatic rings. The highest BCUT2D eigenvalue weighted by atomic mass is 16.3. The van der Waals surface area contributed by atoms with Crippen LogP contribution >= 0.6 is 0 Å². The number of benzene rings is 1. The summed E-state index contributed by atoms with van der Waals surface area (Å²) < 4.78 is 5.37. The molecule has 5 nitrogen and oxygen atoms in total. The number of hydrogen-bond acceptors (Lipinski definition) is 3. The van der Waals surface area contributed by atoms with Crippen molar-refractivity contribution in [3.8, 4) is 0 Å². The highest BCUT2D eigenvalue weighted by Crippen LogP contribution is 2.19. The zero-order valence-corrected chi connectivity index (χ0v) is 11.0. The Kier molecular flexibility index (Phi) is 2.98. The number of hydrogen-bond donors (Lipinski definition) is 2. The van der Waals surface area contributed by atoms with Crippen LogP contribution in [0.2, 0.25) is 0 Å². The second kappa shape index (κ2) is 4.33. The summed E-state index contributed by atoms with van der Waals surface area (Å²) in [4.78, 5) is 15.9. The molecule has 2 N–H and O–H groups in total. The van der Waals surface area contributed by atoms with E-state index in [1.165, 1.54) is 0 Å². The predicted molar refractivity (Wildman–Crippen MR) is 70.7 cm³/mol. The minimum Gasteiger partial charge on any atom is -0.441 e. The minimum atomic E-state index is -0.265. The molecule has 1 aromatic carbocycles. The molecule has 18 heavy (non-hydrogen) atoms. The quantitative estimate of drug-likeness (QED) is 0.813. The Morgan fingerprint density at radius 2 is 2.06 bits per heavy atom. The van der Waals surface area contributed by atoms with Crippen molar-refractivity contribution < 1.29 is 9.21 Å². The lowest BCUT2D eigenvalue weighted by Gasteiger charge is -2.20. The number of carbonyl (C=O) groups excluding carboxylic acids is 1. The van der Waals surface area contributed by atoms with Gasteiger partial charge in [0, 0.05) is 18.2 Å². The van der Waals surface area contributed by atoms with Gasteiger partial charge < -0.3 is 15.1 Å². The van der Waals surface area contributed by atoms with Crippen molar-refractivity contribution in [3.63, 3.8) is 0 Å². The summed E-state index contributed by atoms with van der Waals surface area (Å²) in [6, 6.07) is 5.13.